The van der Waals surface area contributed by atoms with Crippen LogP contribution in [0.2, 0.25) is 0 Å². The number of amides is 1. The summed E-state index contributed by atoms with van der Waals surface area (Å²) in [5.41, 5.74) is 1.95. The van der Waals surface area contributed by atoms with Crippen molar-refractivity contribution in [1.29, 1.82) is 0 Å². The van der Waals surface area contributed by atoms with E-state index in [0.717, 1.165) is 44.3 Å². The Kier molecular flexibility index (Phi) is 11.0. The van der Waals surface area contributed by atoms with Crippen molar-refractivity contribution in [3.05, 3.63) is 44.7 Å². The molecule has 2 aliphatic rings. The molecule has 2 aromatic rings. The van der Waals surface area contributed by atoms with Gasteiger partial charge in [-0.05, 0) is 49.8 Å². The molecule has 0 aliphatic carbocycles. The number of pyridine rings is 1. The number of hydrogen-bond acceptors (Lipinski definition) is 6. The highest BCUT2D eigenvalue weighted by atomic mass is 32.2. The van der Waals surface area contributed by atoms with Crippen LogP contribution in [0.15, 0.2) is 28.0 Å². The lowest BCUT2D eigenvalue weighted by Crippen LogP contribution is -2.36. The number of unbranched alkanes of at least 4 members (excludes halogenated alkanes) is 9. The van der Waals surface area contributed by atoms with Gasteiger partial charge in [0, 0.05) is 25.8 Å². The predicted molar refractivity (Wildman–Crippen MR) is 169 cm³/mol. The van der Waals surface area contributed by atoms with Crippen molar-refractivity contribution in [1.82, 2.24) is 14.3 Å². The number of hydrogen-bond donors (Lipinski definition) is 0. The molecule has 0 spiro atoms. The first kappa shape index (κ1) is 29.8. The monoisotopic (exact) mass is 568 g/mol. The first-order valence-corrected chi connectivity index (χ1v) is 16.1. The number of fused-ring (bicyclic) bond motifs is 1. The van der Waals surface area contributed by atoms with E-state index in [1.165, 1.54) is 63.1 Å². The summed E-state index contributed by atoms with van der Waals surface area (Å²) in [4.78, 5) is 36.5. The molecule has 2 aromatic heterocycles. The summed E-state index contributed by atoms with van der Waals surface area (Å²) in [7, 11) is 0. The van der Waals surface area contributed by atoms with E-state index in [9.17, 15) is 9.59 Å². The Morgan fingerprint density at radius 2 is 1.64 bits per heavy atom. The number of aryl methyl sites for hydroxylation is 1. The van der Waals surface area contributed by atoms with Crippen LogP contribution in [0, 0.1) is 12.8 Å². The molecule has 212 valence electrons. The minimum atomic E-state index is -0.141. The van der Waals surface area contributed by atoms with Crippen LogP contribution in [0.3, 0.4) is 0 Å². The number of carbonyl (C=O) groups is 1. The van der Waals surface area contributed by atoms with Crippen molar-refractivity contribution in [2.24, 2.45) is 5.92 Å². The summed E-state index contributed by atoms with van der Waals surface area (Å²) in [6.07, 6.45) is 18.2. The van der Waals surface area contributed by atoms with Crippen LogP contribution in [0.1, 0.15) is 102 Å². The number of rotatable bonds is 13. The average molecular weight is 569 g/mol. The number of nitrogens with zero attached hydrogens (tertiary/aromatic N) is 4. The van der Waals surface area contributed by atoms with Crippen molar-refractivity contribution in [2.75, 3.05) is 24.5 Å². The van der Waals surface area contributed by atoms with E-state index in [4.69, 9.17) is 17.2 Å². The molecule has 6 nitrogen and oxygen atoms in total. The molecule has 4 heterocycles. The lowest BCUT2D eigenvalue weighted by atomic mass is 9.99. The van der Waals surface area contributed by atoms with Crippen LogP contribution in [0.4, 0.5) is 5.82 Å². The maximum absolute atomic E-state index is 13.7. The Morgan fingerprint density at radius 1 is 1.00 bits per heavy atom. The number of aromatic nitrogens is 2. The molecular weight excluding hydrogens is 525 g/mol. The second kappa shape index (κ2) is 14.4. The van der Waals surface area contributed by atoms with Crippen LogP contribution in [-0.4, -0.2) is 44.1 Å². The van der Waals surface area contributed by atoms with Gasteiger partial charge in [0.15, 0.2) is 0 Å². The van der Waals surface area contributed by atoms with E-state index in [-0.39, 0.29) is 11.5 Å². The topological polar surface area (TPSA) is 57.9 Å². The van der Waals surface area contributed by atoms with Gasteiger partial charge in [0.25, 0.3) is 11.5 Å². The zero-order chi connectivity index (χ0) is 27.8. The molecule has 8 heteroatoms. The highest BCUT2D eigenvalue weighted by molar-refractivity contribution is 8.26. The molecule has 0 N–H and O–H groups in total. The van der Waals surface area contributed by atoms with Gasteiger partial charge in [0.05, 0.1) is 10.5 Å². The van der Waals surface area contributed by atoms with E-state index < -0.39 is 0 Å². The molecule has 0 aromatic carbocycles. The Labute approximate surface area is 243 Å². The zero-order valence-electron chi connectivity index (χ0n) is 23.9. The van der Waals surface area contributed by atoms with E-state index in [0.29, 0.717) is 38.7 Å². The fraction of sp³-hybridized carbons (Fsp3) is 0.613. The summed E-state index contributed by atoms with van der Waals surface area (Å²) in [5.74, 6) is 1.25. The summed E-state index contributed by atoms with van der Waals surface area (Å²) in [6.45, 7) is 8.84. The van der Waals surface area contributed by atoms with E-state index >= 15 is 0 Å². The first-order valence-electron chi connectivity index (χ1n) is 14.9. The molecule has 0 radical (unpaired) electrons. The van der Waals surface area contributed by atoms with Gasteiger partial charge < -0.3 is 4.90 Å². The Balaban J connectivity index is 1.44. The van der Waals surface area contributed by atoms with Gasteiger partial charge in [-0.2, -0.15) is 0 Å². The minimum absolute atomic E-state index is 0.0899. The molecule has 0 bridgehead atoms. The summed E-state index contributed by atoms with van der Waals surface area (Å²) in [6, 6.07) is 3.87. The molecule has 0 saturated carbocycles. The van der Waals surface area contributed by atoms with Gasteiger partial charge in [-0.3, -0.25) is 18.9 Å². The van der Waals surface area contributed by atoms with Crippen LogP contribution < -0.4 is 10.5 Å². The highest BCUT2D eigenvalue weighted by Gasteiger charge is 2.32. The number of anilines is 1. The molecule has 1 amide bonds. The average Bonchev–Trinajstić information content (AvgIpc) is 3.19. The zero-order valence-corrected chi connectivity index (χ0v) is 25.5. The van der Waals surface area contributed by atoms with Gasteiger partial charge in [0.1, 0.15) is 15.8 Å². The van der Waals surface area contributed by atoms with Gasteiger partial charge in [-0.15, -0.1) is 0 Å². The summed E-state index contributed by atoms with van der Waals surface area (Å²) >= 11 is 6.90. The third-order valence-corrected chi connectivity index (χ3v) is 9.33. The van der Waals surface area contributed by atoms with Gasteiger partial charge >= 0.3 is 0 Å². The van der Waals surface area contributed by atoms with Gasteiger partial charge in [-0.1, -0.05) is 102 Å². The lowest BCUT2D eigenvalue weighted by Gasteiger charge is -2.32. The van der Waals surface area contributed by atoms with E-state index in [1.54, 1.807) is 15.4 Å². The number of thiocarbonyl (C=S) groups is 1. The molecular formula is C31H44N4O2S2. The second-order valence-corrected chi connectivity index (χ2v) is 12.9. The van der Waals surface area contributed by atoms with Crippen LogP contribution in [-0.2, 0) is 4.79 Å². The maximum atomic E-state index is 13.7. The Morgan fingerprint density at radius 3 is 2.31 bits per heavy atom. The standard InChI is InChI=1S/C31H44N4O2S2/c1-4-5-6-7-8-9-10-11-12-13-18-34-30(37)26(39-31(34)38)21-25-28(33-19-16-23(2)17-20-33)32-27-15-14-24(3)22-35(27)29(25)36/h14-15,21-23H,4-13,16-20H2,1-3H3/b26-21+. The van der Waals surface area contributed by atoms with Crippen molar-refractivity contribution < 1.29 is 4.79 Å². The smallest absolute Gasteiger partial charge is 0.267 e. The fourth-order valence-corrected chi connectivity index (χ4v) is 6.71. The minimum Gasteiger partial charge on any atom is -0.356 e. The number of piperidine rings is 1. The third-order valence-electron chi connectivity index (χ3n) is 7.95. The largest absolute Gasteiger partial charge is 0.356 e. The molecule has 2 saturated heterocycles. The SMILES string of the molecule is CCCCCCCCCCCCN1C(=O)/C(=C\c2c(N3CCC(C)CC3)nc3ccc(C)cn3c2=O)SC1=S. The molecule has 2 fully saturated rings. The van der Waals surface area contributed by atoms with Crippen molar-refractivity contribution >= 4 is 51.7 Å². The molecule has 4 rings (SSSR count). The first-order chi connectivity index (χ1) is 18.9. The van der Waals surface area contributed by atoms with Crippen molar-refractivity contribution in [3.8, 4) is 0 Å². The summed E-state index contributed by atoms with van der Waals surface area (Å²) < 4.78 is 2.18. The predicted octanol–water partition coefficient (Wildman–Crippen LogP) is 7.36. The van der Waals surface area contributed by atoms with Gasteiger partial charge in [0.2, 0.25) is 0 Å². The molecule has 0 unspecified atom stereocenters. The Hall–Kier alpha value is -2.19. The van der Waals surface area contributed by atoms with Crippen LogP contribution in [0.25, 0.3) is 11.7 Å². The summed E-state index contributed by atoms with van der Waals surface area (Å²) in [5, 5.41) is 0. The maximum Gasteiger partial charge on any atom is 0.267 e. The highest BCUT2D eigenvalue weighted by Crippen LogP contribution is 2.34. The molecule has 0 atom stereocenters. The molecule has 39 heavy (non-hydrogen) atoms. The third kappa shape index (κ3) is 7.72. The van der Waals surface area contributed by atoms with Crippen LogP contribution in [0.5, 0.6) is 0 Å². The normalized spacial score (nSPS) is 17.8. The number of thioether (sulfide) groups is 1. The lowest BCUT2D eigenvalue weighted by molar-refractivity contribution is -0.122. The second-order valence-electron chi connectivity index (χ2n) is 11.3. The quantitative estimate of drug-likeness (QED) is 0.143. The van der Waals surface area contributed by atoms with E-state index in [2.05, 4.69) is 18.7 Å². The number of carbonyl (C=O) groups excluding carboxylic acids is 1. The van der Waals surface area contributed by atoms with Crippen molar-refractivity contribution in [2.45, 2.75) is 97.8 Å². The molecule has 2 aliphatic heterocycles. The Bertz CT molecular complexity index is 1250. The fourth-order valence-electron chi connectivity index (χ4n) is 5.42. The van der Waals surface area contributed by atoms with Crippen LogP contribution >= 0.6 is 24.0 Å². The van der Waals surface area contributed by atoms with Gasteiger partial charge in [-0.25, -0.2) is 4.98 Å². The van der Waals surface area contributed by atoms with Crippen molar-refractivity contribution in [3.63, 3.8) is 0 Å². The van der Waals surface area contributed by atoms with E-state index in [1.807, 2.05) is 25.3 Å².